The van der Waals surface area contributed by atoms with E-state index in [1.54, 1.807) is 12.1 Å². The zero-order chi connectivity index (χ0) is 15.7. The van der Waals surface area contributed by atoms with Gasteiger partial charge in [-0.3, -0.25) is 4.90 Å². The summed E-state index contributed by atoms with van der Waals surface area (Å²) in [7, 11) is 0. The number of rotatable bonds is 10. The molecule has 21 heavy (non-hydrogen) atoms. The third-order valence-corrected chi connectivity index (χ3v) is 4.16. The van der Waals surface area contributed by atoms with Crippen LogP contribution in [0.4, 0.5) is 4.39 Å². The van der Waals surface area contributed by atoms with Crippen molar-refractivity contribution in [2.75, 3.05) is 19.6 Å². The molecule has 0 bridgehead atoms. The summed E-state index contributed by atoms with van der Waals surface area (Å²) in [5.41, 5.74) is 0.782. The summed E-state index contributed by atoms with van der Waals surface area (Å²) in [6.07, 6.45) is 3.51. The second-order valence-electron chi connectivity index (χ2n) is 5.74. The van der Waals surface area contributed by atoms with Gasteiger partial charge in [-0.1, -0.05) is 45.4 Å². The predicted octanol–water partition coefficient (Wildman–Crippen LogP) is 4.38. The maximum atomic E-state index is 14.1. The van der Waals surface area contributed by atoms with Crippen LogP contribution in [0.15, 0.2) is 24.3 Å². The highest BCUT2D eigenvalue weighted by Crippen LogP contribution is 2.20. The van der Waals surface area contributed by atoms with Gasteiger partial charge in [-0.2, -0.15) is 0 Å². The van der Waals surface area contributed by atoms with Crippen LogP contribution in [-0.2, 0) is 0 Å². The average Bonchev–Trinajstić information content (AvgIpc) is 2.50. The van der Waals surface area contributed by atoms with Gasteiger partial charge in [0, 0.05) is 24.2 Å². The van der Waals surface area contributed by atoms with E-state index in [1.807, 2.05) is 12.1 Å². The molecule has 0 aliphatic rings. The molecule has 1 aromatic carbocycles. The number of hydrogen-bond donors (Lipinski definition) is 1. The van der Waals surface area contributed by atoms with Gasteiger partial charge in [0.2, 0.25) is 0 Å². The molecule has 120 valence electrons. The Hall–Kier alpha value is -0.930. The maximum absolute atomic E-state index is 14.1. The molecule has 0 saturated heterocycles. The van der Waals surface area contributed by atoms with Crippen molar-refractivity contribution < 1.29 is 4.39 Å². The molecular weight excluding hydrogens is 263 g/mol. The van der Waals surface area contributed by atoms with Crippen molar-refractivity contribution in [3.63, 3.8) is 0 Å². The Kier molecular flexibility index (Phi) is 8.55. The molecule has 0 aliphatic heterocycles. The highest BCUT2D eigenvalue weighted by Gasteiger charge is 2.20. The molecule has 1 aromatic rings. The van der Waals surface area contributed by atoms with Crippen molar-refractivity contribution in [2.45, 2.75) is 59.0 Å². The first-order valence-electron chi connectivity index (χ1n) is 8.35. The lowest BCUT2D eigenvalue weighted by molar-refractivity contribution is 0.179. The van der Waals surface area contributed by atoms with E-state index in [4.69, 9.17) is 0 Å². The summed E-state index contributed by atoms with van der Waals surface area (Å²) in [6, 6.07) is 7.72. The van der Waals surface area contributed by atoms with E-state index in [9.17, 15) is 4.39 Å². The van der Waals surface area contributed by atoms with Crippen LogP contribution in [0.3, 0.4) is 0 Å². The Balaban J connectivity index is 2.85. The van der Waals surface area contributed by atoms with E-state index in [0.29, 0.717) is 6.04 Å². The highest BCUT2D eigenvalue weighted by atomic mass is 19.1. The number of nitrogens with one attached hydrogen (secondary N) is 1. The number of hydrogen-bond acceptors (Lipinski definition) is 2. The fraction of sp³-hybridized carbons (Fsp3) is 0.667. The molecule has 0 aromatic heterocycles. The van der Waals surface area contributed by atoms with Crippen LogP contribution >= 0.6 is 0 Å². The summed E-state index contributed by atoms with van der Waals surface area (Å²) in [5, 5.41) is 3.44. The quantitative estimate of drug-likeness (QED) is 0.689. The minimum absolute atomic E-state index is 0.0575. The number of benzene rings is 1. The van der Waals surface area contributed by atoms with Crippen LogP contribution in [0.1, 0.15) is 58.6 Å². The first-order chi connectivity index (χ1) is 10.1. The Bertz CT molecular complexity index is 395. The van der Waals surface area contributed by atoms with Crippen LogP contribution in [0.5, 0.6) is 0 Å². The highest BCUT2D eigenvalue weighted by molar-refractivity contribution is 5.21. The van der Waals surface area contributed by atoms with E-state index in [1.165, 1.54) is 12.8 Å². The zero-order valence-corrected chi connectivity index (χ0v) is 14.0. The zero-order valence-electron chi connectivity index (χ0n) is 14.0. The lowest BCUT2D eigenvalue weighted by Gasteiger charge is -2.32. The summed E-state index contributed by atoms with van der Waals surface area (Å²) in [5.74, 6) is -0.108. The topological polar surface area (TPSA) is 15.3 Å². The molecule has 0 fully saturated rings. The minimum atomic E-state index is -0.108. The third-order valence-electron chi connectivity index (χ3n) is 4.16. The Labute approximate surface area is 129 Å². The Morgan fingerprint density at radius 1 is 1.19 bits per heavy atom. The molecule has 0 amide bonds. The fourth-order valence-corrected chi connectivity index (χ4v) is 2.62. The van der Waals surface area contributed by atoms with Crippen molar-refractivity contribution in [1.29, 1.82) is 0 Å². The molecule has 0 spiro atoms. The van der Waals surface area contributed by atoms with Crippen LogP contribution in [0.2, 0.25) is 0 Å². The molecule has 2 unspecified atom stereocenters. The van der Waals surface area contributed by atoms with Gasteiger partial charge < -0.3 is 5.32 Å². The van der Waals surface area contributed by atoms with Gasteiger partial charge >= 0.3 is 0 Å². The Morgan fingerprint density at radius 2 is 1.90 bits per heavy atom. The van der Waals surface area contributed by atoms with E-state index < -0.39 is 0 Å². The first kappa shape index (κ1) is 18.1. The fourth-order valence-electron chi connectivity index (χ4n) is 2.62. The summed E-state index contributed by atoms with van der Waals surface area (Å²) in [6.45, 7) is 11.6. The number of likely N-dealkylation sites (N-methyl/N-ethyl adjacent to an activating group) is 1. The first-order valence-corrected chi connectivity index (χ1v) is 8.35. The van der Waals surface area contributed by atoms with Crippen molar-refractivity contribution in [3.05, 3.63) is 35.6 Å². The molecule has 1 N–H and O–H groups in total. The van der Waals surface area contributed by atoms with Crippen LogP contribution < -0.4 is 5.32 Å². The standard InChI is InChI=1S/C18H31FN2/c1-5-8-13-21(15(4)6-2)14-18(20-7-3)16-11-9-10-12-17(16)19/h9-12,15,18,20H,5-8,13-14H2,1-4H3. The minimum Gasteiger partial charge on any atom is -0.309 e. The number of nitrogens with zero attached hydrogens (tertiary/aromatic N) is 1. The Morgan fingerprint density at radius 3 is 2.48 bits per heavy atom. The smallest absolute Gasteiger partial charge is 0.128 e. The molecule has 0 aliphatic carbocycles. The average molecular weight is 294 g/mol. The van der Waals surface area contributed by atoms with E-state index in [-0.39, 0.29) is 11.9 Å². The lowest BCUT2D eigenvalue weighted by Crippen LogP contribution is -2.41. The van der Waals surface area contributed by atoms with E-state index in [2.05, 4.69) is 37.9 Å². The van der Waals surface area contributed by atoms with Gasteiger partial charge in [-0.25, -0.2) is 4.39 Å². The van der Waals surface area contributed by atoms with Gasteiger partial charge in [0.25, 0.3) is 0 Å². The molecule has 1 rings (SSSR count). The summed E-state index contributed by atoms with van der Waals surface area (Å²) < 4.78 is 14.1. The maximum Gasteiger partial charge on any atom is 0.128 e. The van der Waals surface area contributed by atoms with Gasteiger partial charge in [0.15, 0.2) is 0 Å². The van der Waals surface area contributed by atoms with Gasteiger partial charge in [-0.15, -0.1) is 0 Å². The third kappa shape index (κ3) is 5.76. The van der Waals surface area contributed by atoms with Crippen LogP contribution in [0.25, 0.3) is 0 Å². The lowest BCUT2D eigenvalue weighted by atomic mass is 10.0. The molecule has 0 radical (unpaired) electrons. The second kappa shape index (κ2) is 9.91. The van der Waals surface area contributed by atoms with Crippen molar-refractivity contribution in [1.82, 2.24) is 10.2 Å². The molecule has 0 saturated carbocycles. The van der Waals surface area contributed by atoms with Crippen LogP contribution in [0, 0.1) is 5.82 Å². The monoisotopic (exact) mass is 294 g/mol. The second-order valence-corrected chi connectivity index (χ2v) is 5.74. The molecule has 0 heterocycles. The van der Waals surface area contributed by atoms with Crippen LogP contribution in [-0.4, -0.2) is 30.6 Å². The summed E-state index contributed by atoms with van der Waals surface area (Å²) in [4.78, 5) is 2.49. The van der Waals surface area contributed by atoms with Crippen molar-refractivity contribution in [3.8, 4) is 0 Å². The van der Waals surface area contributed by atoms with Crippen molar-refractivity contribution in [2.24, 2.45) is 0 Å². The van der Waals surface area contributed by atoms with E-state index in [0.717, 1.165) is 31.6 Å². The normalized spacial score (nSPS) is 14.4. The summed E-state index contributed by atoms with van der Waals surface area (Å²) >= 11 is 0. The molecule has 3 heteroatoms. The van der Waals surface area contributed by atoms with Gasteiger partial charge in [0.05, 0.1) is 0 Å². The molecule has 2 nitrogen and oxygen atoms in total. The number of unbranched alkanes of at least 4 members (excludes halogenated alkanes) is 1. The molecule has 2 atom stereocenters. The van der Waals surface area contributed by atoms with Crippen molar-refractivity contribution >= 4 is 0 Å². The van der Waals surface area contributed by atoms with Gasteiger partial charge in [0.1, 0.15) is 5.82 Å². The molecular formula is C18H31FN2. The van der Waals surface area contributed by atoms with Gasteiger partial charge in [-0.05, 0) is 38.9 Å². The van der Waals surface area contributed by atoms with E-state index >= 15 is 0 Å². The SMILES string of the molecule is CCCCN(CC(NCC)c1ccccc1F)C(C)CC. The predicted molar refractivity (Wildman–Crippen MR) is 89.1 cm³/mol. The largest absolute Gasteiger partial charge is 0.309 e. The number of halogens is 1.